The summed E-state index contributed by atoms with van der Waals surface area (Å²) in [4.78, 5) is 24.2. The van der Waals surface area contributed by atoms with E-state index >= 15 is 0 Å². The molecular weight excluding hydrogens is 376 g/mol. The first-order valence-corrected chi connectivity index (χ1v) is 8.93. The smallest absolute Gasteiger partial charge is 0.348 e. The van der Waals surface area contributed by atoms with Gasteiger partial charge in [-0.05, 0) is 41.5 Å². The molecule has 152 valence electrons. The maximum Gasteiger partial charge on any atom is 0.348 e. The number of benzene rings is 2. The van der Waals surface area contributed by atoms with Gasteiger partial charge in [-0.2, -0.15) is 0 Å². The Morgan fingerprint density at radius 2 is 1.66 bits per heavy atom. The quantitative estimate of drug-likeness (QED) is 0.418. The van der Waals surface area contributed by atoms with E-state index in [0.29, 0.717) is 23.7 Å². The molecule has 2 aromatic carbocycles. The van der Waals surface area contributed by atoms with Crippen LogP contribution in [0, 0.1) is 0 Å². The zero-order valence-corrected chi connectivity index (χ0v) is 16.7. The predicted molar refractivity (Wildman–Crippen MR) is 105 cm³/mol. The van der Waals surface area contributed by atoms with Gasteiger partial charge in [-0.15, -0.1) is 0 Å². The molecular formula is C22H22O7. The molecule has 7 nitrogen and oxygen atoms in total. The standard InChI is InChI=1S/C22H22O7/c1-22(2)28-20(23)17(21(24)29-22)11-14-8-9-18(19(12-14)26-4)27-13-15-6-5-7-16(10-15)25-3/h5-12H,13H2,1-4H3. The first-order valence-electron chi connectivity index (χ1n) is 8.93. The summed E-state index contributed by atoms with van der Waals surface area (Å²) >= 11 is 0. The number of hydrogen-bond acceptors (Lipinski definition) is 7. The Bertz CT molecular complexity index is 937. The molecule has 0 atom stereocenters. The third-order valence-electron chi connectivity index (χ3n) is 4.14. The van der Waals surface area contributed by atoms with Crippen LogP contribution in [0.2, 0.25) is 0 Å². The van der Waals surface area contributed by atoms with E-state index in [1.807, 2.05) is 24.3 Å². The summed E-state index contributed by atoms with van der Waals surface area (Å²) in [5, 5.41) is 0. The van der Waals surface area contributed by atoms with Crippen molar-refractivity contribution in [2.24, 2.45) is 0 Å². The van der Waals surface area contributed by atoms with E-state index in [1.54, 1.807) is 25.3 Å². The molecule has 2 aromatic rings. The van der Waals surface area contributed by atoms with Crippen LogP contribution in [0.4, 0.5) is 0 Å². The average molecular weight is 398 g/mol. The summed E-state index contributed by atoms with van der Waals surface area (Å²) < 4.78 is 26.6. The lowest BCUT2D eigenvalue weighted by molar-refractivity contribution is -0.222. The first-order chi connectivity index (χ1) is 13.8. The molecule has 1 fully saturated rings. The summed E-state index contributed by atoms with van der Waals surface area (Å²) in [6, 6.07) is 12.6. The van der Waals surface area contributed by atoms with Crippen molar-refractivity contribution < 1.29 is 33.3 Å². The topological polar surface area (TPSA) is 80.3 Å². The number of carbonyl (C=O) groups is 2. The number of methoxy groups -OCH3 is 2. The van der Waals surface area contributed by atoms with Gasteiger partial charge in [-0.3, -0.25) is 0 Å². The minimum atomic E-state index is -1.28. The van der Waals surface area contributed by atoms with Gasteiger partial charge < -0.3 is 23.7 Å². The van der Waals surface area contributed by atoms with Crippen LogP contribution < -0.4 is 14.2 Å². The molecule has 0 unspecified atom stereocenters. The Kier molecular flexibility index (Phi) is 5.77. The highest BCUT2D eigenvalue weighted by atomic mass is 16.7. The largest absolute Gasteiger partial charge is 0.497 e. The Morgan fingerprint density at radius 3 is 2.31 bits per heavy atom. The predicted octanol–water partition coefficient (Wildman–Crippen LogP) is 3.50. The zero-order valence-electron chi connectivity index (χ0n) is 16.7. The molecule has 3 rings (SSSR count). The fraction of sp³-hybridized carbons (Fsp3) is 0.273. The summed E-state index contributed by atoms with van der Waals surface area (Å²) in [5.74, 6) is -1.02. The maximum absolute atomic E-state index is 12.1. The molecule has 1 saturated heterocycles. The molecule has 0 aliphatic carbocycles. The molecule has 0 N–H and O–H groups in total. The highest BCUT2D eigenvalue weighted by molar-refractivity contribution is 6.18. The first kappa shape index (κ1) is 20.3. The maximum atomic E-state index is 12.1. The van der Waals surface area contributed by atoms with Crippen LogP contribution in [-0.4, -0.2) is 31.9 Å². The van der Waals surface area contributed by atoms with E-state index in [4.69, 9.17) is 23.7 Å². The van der Waals surface area contributed by atoms with E-state index in [1.165, 1.54) is 27.0 Å². The number of rotatable bonds is 6. The lowest BCUT2D eigenvalue weighted by Crippen LogP contribution is -2.41. The van der Waals surface area contributed by atoms with E-state index in [0.717, 1.165) is 11.3 Å². The van der Waals surface area contributed by atoms with Crippen molar-refractivity contribution in [1.29, 1.82) is 0 Å². The SMILES string of the molecule is COc1cccc(COc2ccc(C=C3C(=O)OC(C)(C)OC3=O)cc2OC)c1. The monoisotopic (exact) mass is 398 g/mol. The summed E-state index contributed by atoms with van der Waals surface area (Å²) in [7, 11) is 3.12. The van der Waals surface area contributed by atoms with Crippen molar-refractivity contribution in [3.8, 4) is 17.2 Å². The Labute approximate surface area is 168 Å². The number of carbonyl (C=O) groups excluding carboxylic acids is 2. The van der Waals surface area contributed by atoms with Gasteiger partial charge in [0.05, 0.1) is 14.2 Å². The average Bonchev–Trinajstić information content (AvgIpc) is 2.69. The van der Waals surface area contributed by atoms with Gasteiger partial charge in [0.2, 0.25) is 0 Å². The van der Waals surface area contributed by atoms with Crippen molar-refractivity contribution in [1.82, 2.24) is 0 Å². The van der Waals surface area contributed by atoms with E-state index in [9.17, 15) is 9.59 Å². The van der Waals surface area contributed by atoms with Gasteiger partial charge in [-0.1, -0.05) is 18.2 Å². The second-order valence-corrected chi connectivity index (χ2v) is 6.79. The van der Waals surface area contributed by atoms with Gasteiger partial charge in [0.25, 0.3) is 5.79 Å². The van der Waals surface area contributed by atoms with Crippen LogP contribution in [0.25, 0.3) is 6.08 Å². The molecule has 0 amide bonds. The number of esters is 2. The highest BCUT2D eigenvalue weighted by Gasteiger charge is 2.38. The minimum absolute atomic E-state index is 0.184. The lowest BCUT2D eigenvalue weighted by Gasteiger charge is -2.29. The second kappa shape index (κ2) is 8.26. The van der Waals surface area contributed by atoms with Gasteiger partial charge >= 0.3 is 11.9 Å². The molecule has 0 radical (unpaired) electrons. The van der Waals surface area contributed by atoms with Crippen LogP contribution in [0.3, 0.4) is 0 Å². The summed E-state index contributed by atoms with van der Waals surface area (Å²) in [6.07, 6.45) is 1.40. The third kappa shape index (κ3) is 4.87. The van der Waals surface area contributed by atoms with Crippen LogP contribution in [0.15, 0.2) is 48.0 Å². The fourth-order valence-corrected chi connectivity index (χ4v) is 2.76. The fourth-order valence-electron chi connectivity index (χ4n) is 2.76. The number of cyclic esters (lactones) is 2. The molecule has 1 aliphatic heterocycles. The molecule has 0 spiro atoms. The lowest BCUT2D eigenvalue weighted by atomic mass is 10.1. The van der Waals surface area contributed by atoms with Crippen LogP contribution in [-0.2, 0) is 25.7 Å². The zero-order chi connectivity index (χ0) is 21.0. The molecule has 1 aliphatic rings. The van der Waals surface area contributed by atoms with Gasteiger partial charge in [0.15, 0.2) is 11.5 Å². The molecule has 0 bridgehead atoms. The molecule has 29 heavy (non-hydrogen) atoms. The number of ether oxygens (including phenoxy) is 5. The van der Waals surface area contributed by atoms with Gasteiger partial charge in [0, 0.05) is 13.8 Å². The normalized spacial score (nSPS) is 15.2. The van der Waals surface area contributed by atoms with Crippen molar-refractivity contribution in [2.45, 2.75) is 26.2 Å². The van der Waals surface area contributed by atoms with Gasteiger partial charge in [0.1, 0.15) is 17.9 Å². The molecule has 1 heterocycles. The summed E-state index contributed by atoms with van der Waals surface area (Å²) in [6.45, 7) is 3.32. The van der Waals surface area contributed by atoms with Crippen molar-refractivity contribution >= 4 is 18.0 Å². The Hall–Kier alpha value is -3.48. The Balaban J connectivity index is 1.78. The van der Waals surface area contributed by atoms with E-state index in [-0.39, 0.29) is 5.57 Å². The van der Waals surface area contributed by atoms with Crippen LogP contribution >= 0.6 is 0 Å². The number of hydrogen-bond donors (Lipinski definition) is 0. The molecule has 0 aromatic heterocycles. The van der Waals surface area contributed by atoms with Crippen LogP contribution in [0.5, 0.6) is 17.2 Å². The van der Waals surface area contributed by atoms with Gasteiger partial charge in [-0.25, -0.2) is 9.59 Å². The van der Waals surface area contributed by atoms with Crippen molar-refractivity contribution in [2.75, 3.05) is 14.2 Å². The summed E-state index contributed by atoms with van der Waals surface area (Å²) in [5.41, 5.74) is 1.32. The molecule has 0 saturated carbocycles. The second-order valence-electron chi connectivity index (χ2n) is 6.79. The van der Waals surface area contributed by atoms with Crippen molar-refractivity contribution in [3.63, 3.8) is 0 Å². The highest BCUT2D eigenvalue weighted by Crippen LogP contribution is 2.31. The molecule has 7 heteroatoms. The minimum Gasteiger partial charge on any atom is -0.497 e. The van der Waals surface area contributed by atoms with E-state index < -0.39 is 17.7 Å². The van der Waals surface area contributed by atoms with Crippen LogP contribution in [0.1, 0.15) is 25.0 Å². The van der Waals surface area contributed by atoms with Crippen molar-refractivity contribution in [3.05, 3.63) is 59.2 Å². The third-order valence-corrected chi connectivity index (χ3v) is 4.14. The van der Waals surface area contributed by atoms with E-state index in [2.05, 4.69) is 0 Å². The Morgan fingerprint density at radius 1 is 0.931 bits per heavy atom.